The van der Waals surface area contributed by atoms with Crippen LogP contribution in [0.2, 0.25) is 0 Å². The van der Waals surface area contributed by atoms with E-state index in [9.17, 15) is 5.11 Å². The monoisotopic (exact) mass is 226 g/mol. The minimum Gasteiger partial charge on any atom is -0.390 e. The van der Waals surface area contributed by atoms with Gasteiger partial charge in [0.25, 0.3) is 0 Å². The van der Waals surface area contributed by atoms with E-state index in [0.717, 1.165) is 6.42 Å². The Balaban J connectivity index is 2.06. The average Bonchev–Trinajstić information content (AvgIpc) is 2.77. The SMILES string of the molecule is CCCCCCCCC(C)(O)C1CCCC1. The van der Waals surface area contributed by atoms with Crippen molar-refractivity contribution in [3.63, 3.8) is 0 Å². The summed E-state index contributed by atoms with van der Waals surface area (Å²) in [6.45, 7) is 4.32. The molecule has 0 aromatic carbocycles. The zero-order valence-corrected chi connectivity index (χ0v) is 11.3. The molecule has 1 aliphatic carbocycles. The largest absolute Gasteiger partial charge is 0.390 e. The van der Waals surface area contributed by atoms with Crippen LogP contribution < -0.4 is 0 Å². The second-order valence-electron chi connectivity index (χ2n) is 5.86. The van der Waals surface area contributed by atoms with Gasteiger partial charge in [0.2, 0.25) is 0 Å². The fraction of sp³-hybridized carbons (Fsp3) is 1.00. The summed E-state index contributed by atoms with van der Waals surface area (Å²) in [5.74, 6) is 0.586. The molecule has 1 saturated carbocycles. The van der Waals surface area contributed by atoms with Crippen LogP contribution in [0.1, 0.15) is 84.5 Å². The molecule has 0 bridgehead atoms. The van der Waals surface area contributed by atoms with E-state index in [4.69, 9.17) is 0 Å². The molecule has 0 aromatic rings. The van der Waals surface area contributed by atoms with E-state index in [1.165, 1.54) is 64.2 Å². The summed E-state index contributed by atoms with van der Waals surface area (Å²) in [7, 11) is 0. The van der Waals surface area contributed by atoms with Crippen LogP contribution in [0.5, 0.6) is 0 Å². The summed E-state index contributed by atoms with van der Waals surface area (Å²) in [6, 6.07) is 0. The van der Waals surface area contributed by atoms with Crippen molar-refractivity contribution in [3.8, 4) is 0 Å². The highest BCUT2D eigenvalue weighted by Gasteiger charge is 2.32. The van der Waals surface area contributed by atoms with Gasteiger partial charge in [-0.1, -0.05) is 58.3 Å². The van der Waals surface area contributed by atoms with Gasteiger partial charge in [-0.15, -0.1) is 0 Å². The van der Waals surface area contributed by atoms with Crippen molar-refractivity contribution in [1.29, 1.82) is 0 Å². The molecule has 0 aromatic heterocycles. The lowest BCUT2D eigenvalue weighted by molar-refractivity contribution is -0.00846. The molecule has 0 heterocycles. The van der Waals surface area contributed by atoms with Crippen molar-refractivity contribution in [3.05, 3.63) is 0 Å². The standard InChI is InChI=1S/C15H30O/c1-3-4-5-6-7-10-13-15(2,16)14-11-8-9-12-14/h14,16H,3-13H2,1-2H3. The van der Waals surface area contributed by atoms with Gasteiger partial charge in [-0.25, -0.2) is 0 Å². The zero-order valence-electron chi connectivity index (χ0n) is 11.3. The summed E-state index contributed by atoms with van der Waals surface area (Å²) < 4.78 is 0. The Hall–Kier alpha value is -0.0400. The Morgan fingerprint density at radius 1 is 1.00 bits per heavy atom. The summed E-state index contributed by atoms with van der Waals surface area (Å²) in [5, 5.41) is 10.4. The number of rotatable bonds is 8. The zero-order chi connectivity index (χ0) is 11.9. The molecule has 0 saturated heterocycles. The highest BCUT2D eigenvalue weighted by atomic mass is 16.3. The molecule has 1 nitrogen and oxygen atoms in total. The Labute approximate surface area is 102 Å². The van der Waals surface area contributed by atoms with Gasteiger partial charge < -0.3 is 5.11 Å². The molecule has 1 fully saturated rings. The predicted molar refractivity (Wildman–Crippen MR) is 70.6 cm³/mol. The summed E-state index contributed by atoms with van der Waals surface area (Å²) in [4.78, 5) is 0. The number of hydrogen-bond donors (Lipinski definition) is 1. The van der Waals surface area contributed by atoms with Gasteiger partial charge in [0.15, 0.2) is 0 Å². The van der Waals surface area contributed by atoms with E-state index in [1.807, 2.05) is 0 Å². The van der Waals surface area contributed by atoms with E-state index >= 15 is 0 Å². The topological polar surface area (TPSA) is 20.2 Å². The molecule has 0 aliphatic heterocycles. The molecule has 1 aliphatic rings. The first-order chi connectivity index (χ1) is 7.67. The average molecular weight is 226 g/mol. The lowest BCUT2D eigenvalue weighted by Crippen LogP contribution is -2.32. The minimum absolute atomic E-state index is 0.374. The second kappa shape index (κ2) is 7.32. The fourth-order valence-electron chi connectivity index (χ4n) is 3.02. The third kappa shape index (κ3) is 4.86. The Morgan fingerprint density at radius 2 is 1.56 bits per heavy atom. The first kappa shape index (κ1) is 14.0. The van der Waals surface area contributed by atoms with Crippen LogP contribution in [0, 0.1) is 5.92 Å². The third-order valence-corrected chi connectivity index (χ3v) is 4.27. The Morgan fingerprint density at radius 3 is 2.19 bits per heavy atom. The van der Waals surface area contributed by atoms with Crippen LogP contribution in [0.15, 0.2) is 0 Å². The van der Waals surface area contributed by atoms with Crippen molar-refractivity contribution in [1.82, 2.24) is 0 Å². The van der Waals surface area contributed by atoms with Gasteiger partial charge in [-0.2, -0.15) is 0 Å². The van der Waals surface area contributed by atoms with Crippen LogP contribution in [0.25, 0.3) is 0 Å². The van der Waals surface area contributed by atoms with Gasteiger partial charge in [-0.3, -0.25) is 0 Å². The predicted octanol–water partition coefficient (Wildman–Crippen LogP) is 4.68. The van der Waals surface area contributed by atoms with Crippen molar-refractivity contribution in [2.75, 3.05) is 0 Å². The first-order valence-electron chi connectivity index (χ1n) is 7.39. The van der Waals surface area contributed by atoms with Gasteiger partial charge in [0.1, 0.15) is 0 Å². The van der Waals surface area contributed by atoms with Crippen molar-refractivity contribution in [2.24, 2.45) is 5.92 Å². The Kier molecular flexibility index (Phi) is 6.41. The highest BCUT2D eigenvalue weighted by Crippen LogP contribution is 2.36. The molecule has 96 valence electrons. The molecular weight excluding hydrogens is 196 g/mol. The molecule has 1 rings (SSSR count). The maximum atomic E-state index is 10.4. The van der Waals surface area contributed by atoms with Gasteiger partial charge in [0.05, 0.1) is 5.60 Å². The first-order valence-corrected chi connectivity index (χ1v) is 7.39. The number of unbranched alkanes of at least 4 members (excludes halogenated alkanes) is 5. The Bertz CT molecular complexity index is 168. The van der Waals surface area contributed by atoms with Crippen LogP contribution in [-0.2, 0) is 0 Å². The molecule has 0 radical (unpaired) electrons. The van der Waals surface area contributed by atoms with E-state index < -0.39 is 0 Å². The number of hydrogen-bond acceptors (Lipinski definition) is 1. The summed E-state index contributed by atoms with van der Waals surface area (Å²) >= 11 is 0. The smallest absolute Gasteiger partial charge is 0.0647 e. The van der Waals surface area contributed by atoms with Crippen LogP contribution in [0.4, 0.5) is 0 Å². The number of aliphatic hydroxyl groups is 1. The molecule has 16 heavy (non-hydrogen) atoms. The van der Waals surface area contributed by atoms with Gasteiger partial charge >= 0.3 is 0 Å². The van der Waals surface area contributed by atoms with Crippen molar-refractivity contribution >= 4 is 0 Å². The van der Waals surface area contributed by atoms with Crippen LogP contribution >= 0.6 is 0 Å². The van der Waals surface area contributed by atoms with E-state index in [0.29, 0.717) is 5.92 Å². The molecule has 1 atom stereocenters. The minimum atomic E-state index is -0.374. The van der Waals surface area contributed by atoms with E-state index in [2.05, 4.69) is 13.8 Å². The van der Waals surface area contributed by atoms with Crippen LogP contribution in [-0.4, -0.2) is 10.7 Å². The van der Waals surface area contributed by atoms with E-state index in [-0.39, 0.29) is 5.60 Å². The quantitative estimate of drug-likeness (QED) is 0.596. The maximum Gasteiger partial charge on any atom is 0.0647 e. The van der Waals surface area contributed by atoms with Crippen LogP contribution in [0.3, 0.4) is 0 Å². The lowest BCUT2D eigenvalue weighted by atomic mass is 9.83. The molecule has 0 amide bonds. The lowest BCUT2D eigenvalue weighted by Gasteiger charge is -2.30. The molecule has 1 N–H and O–H groups in total. The maximum absolute atomic E-state index is 10.4. The van der Waals surface area contributed by atoms with E-state index in [1.54, 1.807) is 0 Å². The molecule has 0 spiro atoms. The van der Waals surface area contributed by atoms with Crippen molar-refractivity contribution in [2.45, 2.75) is 90.1 Å². The summed E-state index contributed by atoms with van der Waals surface area (Å²) in [5.41, 5.74) is -0.374. The molecular formula is C15H30O. The summed E-state index contributed by atoms with van der Waals surface area (Å²) in [6.07, 6.45) is 14.1. The molecule has 1 heteroatoms. The molecule has 1 unspecified atom stereocenters. The highest BCUT2D eigenvalue weighted by molar-refractivity contribution is 4.85. The van der Waals surface area contributed by atoms with Gasteiger partial charge in [-0.05, 0) is 32.1 Å². The second-order valence-corrected chi connectivity index (χ2v) is 5.86. The van der Waals surface area contributed by atoms with Crippen molar-refractivity contribution < 1.29 is 5.11 Å². The van der Waals surface area contributed by atoms with Gasteiger partial charge in [0, 0.05) is 0 Å². The fourth-order valence-corrected chi connectivity index (χ4v) is 3.02. The normalized spacial score (nSPS) is 21.2. The third-order valence-electron chi connectivity index (χ3n) is 4.27.